The summed E-state index contributed by atoms with van der Waals surface area (Å²) in [6.45, 7) is 11.3. The second-order valence-electron chi connectivity index (χ2n) is 4.96. The summed E-state index contributed by atoms with van der Waals surface area (Å²) in [5, 5.41) is 14.6. The Balaban J connectivity index is 3.23. The number of nitrogens with zero attached hydrogens (tertiary/aromatic N) is 2. The van der Waals surface area contributed by atoms with E-state index in [0.717, 1.165) is 30.8 Å². The number of aromatic hydroxyl groups is 1. The normalized spacial score (nSPS) is 12.1. The molecule has 0 saturated carbocycles. The topological polar surface area (TPSA) is 38.0 Å². The maximum absolute atomic E-state index is 10.1. The first-order valence-corrected chi connectivity index (χ1v) is 5.70. The van der Waals surface area contributed by atoms with Crippen molar-refractivity contribution in [3.63, 3.8) is 0 Å². The summed E-state index contributed by atoms with van der Waals surface area (Å²) < 4.78 is 1.92. The largest absolute Gasteiger partial charge is 0.504 e. The van der Waals surface area contributed by atoms with E-state index in [0.29, 0.717) is 5.75 Å². The van der Waals surface area contributed by atoms with Gasteiger partial charge in [0.15, 0.2) is 5.75 Å². The van der Waals surface area contributed by atoms with Gasteiger partial charge in [0.25, 0.3) is 0 Å². The minimum atomic E-state index is -0.0565. The first kappa shape index (κ1) is 12.1. The summed E-state index contributed by atoms with van der Waals surface area (Å²) >= 11 is 0. The molecule has 1 aromatic rings. The highest BCUT2D eigenvalue weighted by atomic mass is 16.3. The molecule has 0 aliphatic rings. The molecule has 0 fully saturated rings. The van der Waals surface area contributed by atoms with Crippen LogP contribution in [0.4, 0.5) is 0 Å². The SMILES string of the molecule is CCCc1nn(CC)c(C(C)(C)C)c1O. The fraction of sp³-hybridized carbons (Fsp3) is 0.750. The second kappa shape index (κ2) is 4.25. The highest BCUT2D eigenvalue weighted by molar-refractivity contribution is 5.36. The Labute approximate surface area is 92.1 Å². The quantitative estimate of drug-likeness (QED) is 0.833. The molecule has 0 aliphatic heterocycles. The van der Waals surface area contributed by atoms with E-state index in [1.807, 2.05) is 4.68 Å². The van der Waals surface area contributed by atoms with E-state index < -0.39 is 0 Å². The molecule has 0 saturated heterocycles. The van der Waals surface area contributed by atoms with E-state index in [9.17, 15) is 5.11 Å². The molecule has 3 nitrogen and oxygen atoms in total. The molecule has 0 amide bonds. The van der Waals surface area contributed by atoms with Crippen molar-refractivity contribution in [1.29, 1.82) is 0 Å². The first-order valence-electron chi connectivity index (χ1n) is 5.70. The number of aromatic nitrogens is 2. The predicted octanol–water partition coefficient (Wildman–Crippen LogP) is 2.86. The van der Waals surface area contributed by atoms with E-state index in [-0.39, 0.29) is 5.41 Å². The van der Waals surface area contributed by atoms with Gasteiger partial charge in [0.2, 0.25) is 0 Å². The predicted molar refractivity (Wildman–Crippen MR) is 62.3 cm³/mol. The second-order valence-corrected chi connectivity index (χ2v) is 4.96. The lowest BCUT2D eigenvalue weighted by Gasteiger charge is -2.19. The van der Waals surface area contributed by atoms with Crippen LogP contribution < -0.4 is 0 Å². The first-order chi connectivity index (χ1) is 6.91. The molecule has 0 atom stereocenters. The summed E-state index contributed by atoms with van der Waals surface area (Å²) in [6.07, 6.45) is 1.86. The van der Waals surface area contributed by atoms with Crippen molar-refractivity contribution in [3.8, 4) is 5.75 Å². The highest BCUT2D eigenvalue weighted by Gasteiger charge is 2.26. The van der Waals surface area contributed by atoms with Gasteiger partial charge >= 0.3 is 0 Å². The number of hydrogen-bond donors (Lipinski definition) is 1. The molecule has 0 spiro atoms. The van der Waals surface area contributed by atoms with Gasteiger partial charge in [-0.15, -0.1) is 0 Å². The summed E-state index contributed by atoms with van der Waals surface area (Å²) in [4.78, 5) is 0. The maximum atomic E-state index is 10.1. The average molecular weight is 210 g/mol. The molecular formula is C12H22N2O. The number of hydrogen-bond acceptors (Lipinski definition) is 2. The van der Waals surface area contributed by atoms with Crippen LogP contribution in [-0.4, -0.2) is 14.9 Å². The van der Waals surface area contributed by atoms with Crippen LogP contribution in [0.1, 0.15) is 52.4 Å². The smallest absolute Gasteiger partial charge is 0.160 e. The van der Waals surface area contributed by atoms with Gasteiger partial charge < -0.3 is 5.11 Å². The van der Waals surface area contributed by atoms with Crippen LogP contribution >= 0.6 is 0 Å². The van der Waals surface area contributed by atoms with E-state index in [4.69, 9.17) is 0 Å². The molecule has 1 rings (SSSR count). The summed E-state index contributed by atoms with van der Waals surface area (Å²) in [7, 11) is 0. The van der Waals surface area contributed by atoms with Crippen LogP contribution in [0, 0.1) is 0 Å². The lowest BCUT2D eigenvalue weighted by Crippen LogP contribution is -2.18. The summed E-state index contributed by atoms with van der Waals surface area (Å²) in [5.74, 6) is 0.395. The summed E-state index contributed by atoms with van der Waals surface area (Å²) in [5.41, 5.74) is 1.73. The Bertz CT molecular complexity index is 334. The molecule has 1 aromatic heterocycles. The monoisotopic (exact) mass is 210 g/mol. The van der Waals surface area contributed by atoms with E-state index in [2.05, 4.69) is 39.7 Å². The van der Waals surface area contributed by atoms with E-state index >= 15 is 0 Å². The number of rotatable bonds is 3. The van der Waals surface area contributed by atoms with Crippen molar-refractivity contribution in [2.24, 2.45) is 0 Å². The van der Waals surface area contributed by atoms with Gasteiger partial charge in [0.1, 0.15) is 5.69 Å². The van der Waals surface area contributed by atoms with E-state index in [1.165, 1.54) is 0 Å². The van der Waals surface area contributed by atoms with Crippen molar-refractivity contribution in [3.05, 3.63) is 11.4 Å². The van der Waals surface area contributed by atoms with Crippen LogP contribution in [0.3, 0.4) is 0 Å². The van der Waals surface area contributed by atoms with Crippen molar-refractivity contribution < 1.29 is 5.11 Å². The van der Waals surface area contributed by atoms with Crippen molar-refractivity contribution in [2.75, 3.05) is 0 Å². The van der Waals surface area contributed by atoms with Crippen LogP contribution in [0.15, 0.2) is 0 Å². The van der Waals surface area contributed by atoms with Crippen molar-refractivity contribution >= 4 is 0 Å². The molecule has 1 N–H and O–H groups in total. The zero-order chi connectivity index (χ0) is 11.6. The molecule has 3 heteroatoms. The van der Waals surface area contributed by atoms with Gasteiger partial charge in [-0.3, -0.25) is 4.68 Å². The van der Waals surface area contributed by atoms with Crippen LogP contribution in [0.25, 0.3) is 0 Å². The third-order valence-electron chi connectivity index (χ3n) is 2.49. The lowest BCUT2D eigenvalue weighted by molar-refractivity contribution is 0.425. The van der Waals surface area contributed by atoms with Gasteiger partial charge in [0.05, 0.1) is 5.69 Å². The zero-order valence-corrected chi connectivity index (χ0v) is 10.5. The van der Waals surface area contributed by atoms with Crippen molar-refractivity contribution in [1.82, 2.24) is 9.78 Å². The highest BCUT2D eigenvalue weighted by Crippen LogP contribution is 2.33. The van der Waals surface area contributed by atoms with Gasteiger partial charge in [0, 0.05) is 12.0 Å². The molecule has 0 aliphatic carbocycles. The van der Waals surface area contributed by atoms with Gasteiger partial charge in [-0.1, -0.05) is 34.1 Å². The zero-order valence-electron chi connectivity index (χ0n) is 10.5. The third-order valence-corrected chi connectivity index (χ3v) is 2.49. The molecule has 1 heterocycles. The van der Waals surface area contributed by atoms with Gasteiger partial charge in [-0.25, -0.2) is 0 Å². The maximum Gasteiger partial charge on any atom is 0.160 e. The molecule has 0 aromatic carbocycles. The summed E-state index contributed by atoms with van der Waals surface area (Å²) in [6, 6.07) is 0. The van der Waals surface area contributed by atoms with Gasteiger partial charge in [-0.2, -0.15) is 5.10 Å². The van der Waals surface area contributed by atoms with Crippen molar-refractivity contribution in [2.45, 2.75) is 59.4 Å². The minimum Gasteiger partial charge on any atom is -0.504 e. The Kier molecular flexibility index (Phi) is 3.42. The third kappa shape index (κ3) is 2.33. The van der Waals surface area contributed by atoms with Crippen LogP contribution in [0.5, 0.6) is 5.75 Å². The molecular weight excluding hydrogens is 188 g/mol. The van der Waals surface area contributed by atoms with Crippen LogP contribution in [-0.2, 0) is 18.4 Å². The fourth-order valence-corrected chi connectivity index (χ4v) is 1.88. The van der Waals surface area contributed by atoms with Crippen LogP contribution in [0.2, 0.25) is 0 Å². The minimum absolute atomic E-state index is 0.0565. The molecule has 0 radical (unpaired) electrons. The Morgan fingerprint density at radius 1 is 1.27 bits per heavy atom. The lowest BCUT2D eigenvalue weighted by atomic mass is 9.91. The van der Waals surface area contributed by atoms with Gasteiger partial charge in [-0.05, 0) is 13.3 Å². The Morgan fingerprint density at radius 3 is 2.20 bits per heavy atom. The molecule has 86 valence electrons. The standard InChI is InChI=1S/C12H22N2O/c1-6-8-9-10(15)11(12(3,4)5)14(7-2)13-9/h15H,6-8H2,1-5H3. The number of aryl methyl sites for hydroxylation is 2. The molecule has 0 bridgehead atoms. The molecule has 0 unspecified atom stereocenters. The molecule has 15 heavy (non-hydrogen) atoms. The van der Waals surface area contributed by atoms with E-state index in [1.54, 1.807) is 0 Å². The average Bonchev–Trinajstić information content (AvgIpc) is 2.43. The Morgan fingerprint density at radius 2 is 1.87 bits per heavy atom. The Hall–Kier alpha value is -0.990. The fourth-order valence-electron chi connectivity index (χ4n) is 1.88.